The number of piperidine rings is 1. The molecule has 1 nitrogen and oxygen atoms in total. The van der Waals surface area contributed by atoms with Crippen molar-refractivity contribution in [1.29, 1.82) is 0 Å². The van der Waals surface area contributed by atoms with Gasteiger partial charge < -0.3 is 4.90 Å². The third-order valence-electron chi connectivity index (χ3n) is 7.94. The highest BCUT2D eigenvalue weighted by Gasteiger charge is 2.50. The number of likely N-dealkylation sites (tertiary alicyclic amines) is 1. The average Bonchev–Trinajstić information content (AvgIpc) is 3.42. The number of benzene rings is 2. The Balaban J connectivity index is 2.23. The van der Waals surface area contributed by atoms with Gasteiger partial charge in [-0.15, -0.1) is 22.7 Å². The number of allylic oxidation sites excluding steroid dienone is 1. The Hall–Kier alpha value is -2.94. The van der Waals surface area contributed by atoms with Crippen LogP contribution in [0.2, 0.25) is 5.82 Å². The van der Waals surface area contributed by atoms with Gasteiger partial charge in [-0.25, -0.2) is 43.9 Å². The molecule has 0 aromatic heterocycles. The Bertz CT molecular complexity index is 1260. The molecule has 2 aromatic rings. The first kappa shape index (κ1) is 29.1. The maximum Gasteiger partial charge on any atom is 0.200 e. The molecule has 4 rings (SSSR count). The van der Waals surface area contributed by atoms with E-state index in [1.807, 2.05) is 4.90 Å². The second-order valence-electron chi connectivity index (χ2n) is 10.2. The predicted molar refractivity (Wildman–Crippen MR) is 127 cm³/mol. The molecule has 1 heterocycles. The van der Waals surface area contributed by atoms with Crippen LogP contribution in [-0.4, -0.2) is 30.2 Å². The normalized spacial score (nSPS) is 20.2. The molecule has 12 heteroatoms. The summed E-state index contributed by atoms with van der Waals surface area (Å²) in [5.74, 6) is -21.3. The highest BCUT2D eigenvalue weighted by Crippen LogP contribution is 2.44. The van der Waals surface area contributed by atoms with Crippen molar-refractivity contribution in [2.24, 2.45) is 0 Å². The zero-order chi connectivity index (χ0) is 28.8. The van der Waals surface area contributed by atoms with Crippen LogP contribution in [0.4, 0.5) is 43.9 Å². The van der Waals surface area contributed by atoms with Gasteiger partial charge >= 0.3 is 0 Å². The summed E-state index contributed by atoms with van der Waals surface area (Å²) in [7, 11) is 0. The van der Waals surface area contributed by atoms with Crippen LogP contribution in [0.1, 0.15) is 45.4 Å². The van der Waals surface area contributed by atoms with Gasteiger partial charge in [0.2, 0.25) is 0 Å². The Morgan fingerprint density at radius 2 is 1.05 bits per heavy atom. The minimum Gasteiger partial charge on any atom is -0.303 e. The minimum absolute atomic E-state index is 0.0403. The molecule has 210 valence electrons. The van der Waals surface area contributed by atoms with Crippen molar-refractivity contribution in [3.05, 3.63) is 70.3 Å². The van der Waals surface area contributed by atoms with Gasteiger partial charge in [0.05, 0.1) is 0 Å². The van der Waals surface area contributed by atoms with Gasteiger partial charge in [-0.05, 0) is 50.9 Å². The summed E-state index contributed by atoms with van der Waals surface area (Å²) in [6, 6.07) is -0.755. The number of rotatable bonds is 4. The molecule has 0 amide bonds. The van der Waals surface area contributed by atoms with Gasteiger partial charge in [-0.1, -0.05) is 25.8 Å². The van der Waals surface area contributed by atoms with E-state index in [2.05, 4.69) is 18.3 Å². The molecule has 39 heavy (non-hydrogen) atoms. The molecule has 2 aliphatic rings. The monoisotopic (exact) mass is 562 g/mol. The first-order chi connectivity index (χ1) is 18.4. The Morgan fingerprint density at radius 1 is 0.641 bits per heavy atom. The molecule has 0 radical (unpaired) electrons. The molecule has 2 atom stereocenters. The number of nitrogens with zero attached hydrogens (tertiary/aromatic N) is 1. The molecular formula is C27H23BF10N-. The van der Waals surface area contributed by atoms with Gasteiger partial charge in [-0.3, -0.25) is 5.82 Å². The lowest BCUT2D eigenvalue weighted by molar-refractivity contribution is 0.164. The van der Waals surface area contributed by atoms with Crippen molar-refractivity contribution in [3.8, 4) is 11.7 Å². The highest BCUT2D eigenvalue weighted by molar-refractivity contribution is 7.09. The van der Waals surface area contributed by atoms with E-state index in [-0.39, 0.29) is 24.8 Å². The summed E-state index contributed by atoms with van der Waals surface area (Å²) in [4.78, 5) is 1.86. The largest absolute Gasteiger partial charge is 0.303 e. The van der Waals surface area contributed by atoms with Crippen molar-refractivity contribution < 1.29 is 43.9 Å². The second-order valence-corrected chi connectivity index (χ2v) is 10.2. The van der Waals surface area contributed by atoms with Gasteiger partial charge in [0, 0.05) is 0 Å². The van der Waals surface area contributed by atoms with E-state index in [0.717, 1.165) is 6.42 Å². The van der Waals surface area contributed by atoms with E-state index >= 15 is 17.6 Å². The van der Waals surface area contributed by atoms with Crippen LogP contribution in [-0.2, 0) is 0 Å². The lowest BCUT2D eigenvalue weighted by Gasteiger charge is -2.49. The summed E-state index contributed by atoms with van der Waals surface area (Å²) < 4.78 is 149. The van der Waals surface area contributed by atoms with Crippen LogP contribution in [0.15, 0.2) is 12.2 Å². The molecule has 0 spiro atoms. The van der Waals surface area contributed by atoms with E-state index < -0.39 is 87.1 Å². The first-order valence-corrected chi connectivity index (χ1v) is 12.5. The maximum absolute atomic E-state index is 15.6. The van der Waals surface area contributed by atoms with Gasteiger partial charge in [0.25, 0.3) is 0 Å². The third kappa shape index (κ3) is 4.62. The zero-order valence-corrected chi connectivity index (χ0v) is 20.8. The number of halogens is 10. The lowest BCUT2D eigenvalue weighted by Crippen LogP contribution is -2.68. The van der Waals surface area contributed by atoms with Crippen molar-refractivity contribution in [3.63, 3.8) is 0 Å². The van der Waals surface area contributed by atoms with Crippen LogP contribution < -0.4 is 10.9 Å². The van der Waals surface area contributed by atoms with Gasteiger partial charge in [0.1, 0.15) is 29.4 Å². The van der Waals surface area contributed by atoms with E-state index in [4.69, 9.17) is 0 Å². The first-order valence-electron chi connectivity index (χ1n) is 12.5. The standard InChI is InChI=1S/C27H23BF10N/c1-13(2)9-10-28(16-18(29)22(33)26(37)23(34)19(16)30,17-20(31)24(35)27(38)25(36)21(17)32)14-7-6-8-15(14)39-11-4-3-5-12-39/h14-15H,1,3-8,11-12H2,2H3/q-1/t14-,15-/m0/s1. The fourth-order valence-electron chi connectivity index (χ4n) is 6.36. The maximum atomic E-state index is 15.6. The van der Waals surface area contributed by atoms with Crippen molar-refractivity contribution in [2.45, 2.75) is 57.3 Å². The smallest absolute Gasteiger partial charge is 0.200 e. The van der Waals surface area contributed by atoms with Gasteiger partial charge in [0.15, 0.2) is 34.9 Å². The van der Waals surface area contributed by atoms with Crippen LogP contribution in [0.5, 0.6) is 0 Å². The summed E-state index contributed by atoms with van der Waals surface area (Å²) in [6.45, 7) is 5.70. The molecule has 0 unspecified atom stereocenters. The second kappa shape index (κ2) is 10.9. The van der Waals surface area contributed by atoms with Crippen LogP contribution in [0, 0.1) is 69.9 Å². The summed E-state index contributed by atoms with van der Waals surface area (Å²) >= 11 is 0. The Morgan fingerprint density at radius 3 is 1.46 bits per heavy atom. The topological polar surface area (TPSA) is 3.24 Å². The third-order valence-corrected chi connectivity index (χ3v) is 7.94. The molecule has 1 aliphatic carbocycles. The summed E-state index contributed by atoms with van der Waals surface area (Å²) in [6.07, 6.45) is -1.45. The molecule has 2 fully saturated rings. The average molecular weight is 562 g/mol. The molecule has 1 saturated carbocycles. The molecule has 2 aromatic carbocycles. The van der Waals surface area contributed by atoms with Crippen molar-refractivity contribution in [1.82, 2.24) is 4.90 Å². The van der Waals surface area contributed by atoms with E-state index in [1.165, 1.54) is 6.92 Å². The Kier molecular flexibility index (Phi) is 8.13. The van der Waals surface area contributed by atoms with Gasteiger partial charge in [-0.2, -0.15) is 0 Å². The summed E-state index contributed by atoms with van der Waals surface area (Å²) in [5, 5.41) is 0. The Labute approximate surface area is 218 Å². The molecule has 0 N–H and O–H groups in total. The minimum atomic E-state index is -4.19. The molecular weight excluding hydrogens is 539 g/mol. The summed E-state index contributed by atoms with van der Waals surface area (Å²) in [5.41, 5.74) is -3.46. The number of hydrogen-bond acceptors (Lipinski definition) is 1. The SMILES string of the molecule is C=C(C)C#C[B-](c1c(F)c(F)c(F)c(F)c1F)(c1c(F)c(F)c(F)c(F)c1F)[C@H]1CCC[C@@H]1N1CCCCC1. The quantitative estimate of drug-likeness (QED) is 0.142. The molecule has 1 aliphatic heterocycles. The van der Waals surface area contributed by atoms with Crippen LogP contribution >= 0.6 is 0 Å². The fourth-order valence-corrected chi connectivity index (χ4v) is 6.36. The predicted octanol–water partition coefficient (Wildman–Crippen LogP) is 6.17. The lowest BCUT2D eigenvalue weighted by atomic mass is 9.12. The van der Waals surface area contributed by atoms with Crippen molar-refractivity contribution >= 4 is 17.1 Å². The van der Waals surface area contributed by atoms with Crippen LogP contribution in [0.25, 0.3) is 0 Å². The highest BCUT2D eigenvalue weighted by atomic mass is 19.2. The van der Waals surface area contributed by atoms with Crippen molar-refractivity contribution in [2.75, 3.05) is 13.1 Å². The van der Waals surface area contributed by atoms with E-state index in [0.29, 0.717) is 25.9 Å². The van der Waals surface area contributed by atoms with E-state index in [1.54, 1.807) is 0 Å². The molecule has 0 bridgehead atoms. The number of hydrogen-bond donors (Lipinski definition) is 0. The zero-order valence-electron chi connectivity index (χ0n) is 20.8. The fraction of sp³-hybridized carbons (Fsp3) is 0.407. The van der Waals surface area contributed by atoms with Crippen LogP contribution in [0.3, 0.4) is 0 Å². The van der Waals surface area contributed by atoms with E-state index in [9.17, 15) is 26.3 Å². The molecule has 1 saturated heterocycles.